The molecule has 0 radical (unpaired) electrons. The molecule has 0 bridgehead atoms. The number of rotatable bonds is 2. The van der Waals surface area contributed by atoms with Crippen LogP contribution in [0.25, 0.3) is 0 Å². The highest BCUT2D eigenvalue weighted by atomic mass is 35.5. The first-order valence-electron chi connectivity index (χ1n) is 6.33. The largest absolute Gasteiger partial charge is 0.616 e. The van der Waals surface area contributed by atoms with Crippen molar-refractivity contribution in [2.45, 2.75) is 34.6 Å². The quantitative estimate of drug-likeness (QED) is 0.626. The number of aromatic nitrogens is 2. The van der Waals surface area contributed by atoms with Crippen molar-refractivity contribution in [2.24, 2.45) is 0 Å². The molecule has 0 atom stereocenters. The molecule has 5 heteroatoms. The van der Waals surface area contributed by atoms with Crippen molar-refractivity contribution in [1.82, 2.24) is 4.98 Å². The fourth-order valence-electron chi connectivity index (χ4n) is 2.15. The van der Waals surface area contributed by atoms with Crippen molar-refractivity contribution >= 4 is 11.6 Å². The minimum absolute atomic E-state index is 0.201. The normalized spacial score (nSPS) is 10.7. The molecule has 0 amide bonds. The fourth-order valence-corrected chi connectivity index (χ4v) is 2.38. The maximum atomic E-state index is 12.1. The number of aryl methyl sites for hydroxylation is 4. The second-order valence-electron chi connectivity index (χ2n) is 4.96. The number of pyridine rings is 2. The number of nitrogens with zero attached hydrogens (tertiary/aromatic N) is 2. The summed E-state index contributed by atoms with van der Waals surface area (Å²) in [6, 6.07) is 3.55. The first kappa shape index (κ1) is 14.6. The third-order valence-corrected chi connectivity index (χ3v) is 3.57. The molecule has 2 heterocycles. The van der Waals surface area contributed by atoms with Gasteiger partial charge < -0.3 is 9.94 Å². The van der Waals surface area contributed by atoms with Gasteiger partial charge in [0.15, 0.2) is 11.4 Å². The van der Waals surface area contributed by atoms with Crippen molar-refractivity contribution < 1.29 is 9.47 Å². The van der Waals surface area contributed by atoms with Crippen LogP contribution in [0.2, 0.25) is 5.02 Å². The Morgan fingerprint density at radius 3 is 2.40 bits per heavy atom. The summed E-state index contributed by atoms with van der Waals surface area (Å²) in [5, 5.41) is 12.7. The van der Waals surface area contributed by atoms with Crippen LogP contribution in [0.4, 0.5) is 0 Å². The topological polar surface area (TPSA) is 49.1 Å². The molecule has 0 aliphatic rings. The standard InChI is InChI=1S/C15H17ClN2O2/c1-8-6-9(2)17-12(5)14(8)20-15-11(4)13(16)7-10(3)18(15)19/h6-7H,1-5H3. The Balaban J connectivity index is 2.56. The van der Waals surface area contributed by atoms with E-state index >= 15 is 0 Å². The summed E-state index contributed by atoms with van der Waals surface area (Å²) in [7, 11) is 0. The first-order valence-corrected chi connectivity index (χ1v) is 6.71. The molecule has 0 unspecified atom stereocenters. The van der Waals surface area contributed by atoms with Crippen molar-refractivity contribution in [3.63, 3.8) is 0 Å². The van der Waals surface area contributed by atoms with Crippen molar-refractivity contribution in [3.8, 4) is 11.6 Å². The van der Waals surface area contributed by atoms with E-state index in [0.717, 1.165) is 21.7 Å². The van der Waals surface area contributed by atoms with Crippen molar-refractivity contribution in [1.29, 1.82) is 0 Å². The van der Waals surface area contributed by atoms with Crippen LogP contribution in [0.15, 0.2) is 12.1 Å². The zero-order chi connectivity index (χ0) is 15.0. The summed E-state index contributed by atoms with van der Waals surface area (Å²) in [6.07, 6.45) is 0. The van der Waals surface area contributed by atoms with Gasteiger partial charge in [0.2, 0.25) is 0 Å². The molecule has 4 nitrogen and oxygen atoms in total. The number of halogens is 1. The summed E-state index contributed by atoms with van der Waals surface area (Å²) in [6.45, 7) is 9.17. The summed E-state index contributed by atoms with van der Waals surface area (Å²) < 4.78 is 6.57. The SMILES string of the molecule is Cc1cc(C)c(Oc2c(C)c(Cl)cc(C)[n+]2[O-])c(C)n1. The average Bonchev–Trinajstić information content (AvgIpc) is 2.34. The Morgan fingerprint density at radius 1 is 1.15 bits per heavy atom. The van der Waals surface area contributed by atoms with Gasteiger partial charge in [-0.2, -0.15) is 0 Å². The molecule has 0 saturated carbocycles. The Hall–Kier alpha value is -1.81. The summed E-state index contributed by atoms with van der Waals surface area (Å²) in [5.74, 6) is 0.803. The lowest BCUT2D eigenvalue weighted by Crippen LogP contribution is -2.33. The van der Waals surface area contributed by atoms with Crippen LogP contribution in [0.5, 0.6) is 11.6 Å². The lowest BCUT2D eigenvalue weighted by molar-refractivity contribution is -0.618. The first-order chi connectivity index (χ1) is 9.31. The lowest BCUT2D eigenvalue weighted by Gasteiger charge is -2.14. The van der Waals surface area contributed by atoms with Crippen molar-refractivity contribution in [3.05, 3.63) is 50.6 Å². The summed E-state index contributed by atoms with van der Waals surface area (Å²) >= 11 is 6.11. The van der Waals surface area contributed by atoms with Gasteiger partial charge in [0.05, 0.1) is 16.3 Å². The molecular weight excluding hydrogens is 276 g/mol. The molecule has 106 valence electrons. The number of ether oxygens (including phenoxy) is 1. The van der Waals surface area contributed by atoms with Gasteiger partial charge in [0.25, 0.3) is 0 Å². The van der Waals surface area contributed by atoms with Crippen LogP contribution in [0, 0.1) is 39.8 Å². The molecule has 0 aromatic carbocycles. The van der Waals surface area contributed by atoms with Crippen LogP contribution in [-0.4, -0.2) is 4.98 Å². The molecule has 20 heavy (non-hydrogen) atoms. The molecular formula is C15H17ClN2O2. The predicted molar refractivity (Wildman–Crippen MR) is 78.4 cm³/mol. The second-order valence-corrected chi connectivity index (χ2v) is 5.36. The van der Waals surface area contributed by atoms with E-state index < -0.39 is 0 Å². The second kappa shape index (κ2) is 5.29. The Bertz CT molecular complexity index is 635. The molecule has 0 aliphatic heterocycles. The Morgan fingerprint density at radius 2 is 1.80 bits per heavy atom. The van der Waals surface area contributed by atoms with Gasteiger partial charge in [0, 0.05) is 18.7 Å². The Labute approximate surface area is 123 Å². The van der Waals surface area contributed by atoms with Gasteiger partial charge in [-0.1, -0.05) is 11.6 Å². The van der Waals surface area contributed by atoms with Crippen LogP contribution in [0.1, 0.15) is 28.2 Å². The van der Waals surface area contributed by atoms with Gasteiger partial charge in [-0.05, 0) is 39.3 Å². The van der Waals surface area contributed by atoms with Crippen LogP contribution >= 0.6 is 11.6 Å². The predicted octanol–water partition coefficient (Wildman–Crippen LogP) is 3.70. The molecule has 2 aromatic heterocycles. The minimum atomic E-state index is 0.201. The summed E-state index contributed by atoms with van der Waals surface area (Å²) in [5.41, 5.74) is 3.71. The van der Waals surface area contributed by atoms with Crippen molar-refractivity contribution in [2.75, 3.05) is 0 Å². The van der Waals surface area contributed by atoms with Gasteiger partial charge in [0.1, 0.15) is 0 Å². The van der Waals surface area contributed by atoms with E-state index in [9.17, 15) is 5.21 Å². The minimum Gasteiger partial charge on any atom is -0.616 e. The zero-order valence-electron chi connectivity index (χ0n) is 12.2. The fraction of sp³-hybridized carbons (Fsp3) is 0.333. The highest BCUT2D eigenvalue weighted by Gasteiger charge is 2.20. The van der Waals surface area contributed by atoms with E-state index in [1.165, 1.54) is 0 Å². The third-order valence-electron chi connectivity index (χ3n) is 3.17. The molecule has 0 fully saturated rings. The smallest absolute Gasteiger partial charge is 0.389 e. The maximum absolute atomic E-state index is 12.1. The number of hydrogen-bond acceptors (Lipinski definition) is 3. The van der Waals surface area contributed by atoms with E-state index in [1.807, 2.05) is 26.8 Å². The van der Waals surface area contributed by atoms with Gasteiger partial charge in [-0.25, -0.2) is 0 Å². The van der Waals surface area contributed by atoms with Crippen LogP contribution < -0.4 is 9.47 Å². The van der Waals surface area contributed by atoms with Gasteiger partial charge >= 0.3 is 5.88 Å². The molecule has 0 aliphatic carbocycles. The molecule has 2 rings (SSSR count). The Kier molecular flexibility index (Phi) is 3.86. The summed E-state index contributed by atoms with van der Waals surface area (Å²) in [4.78, 5) is 4.37. The highest BCUT2D eigenvalue weighted by molar-refractivity contribution is 6.31. The van der Waals surface area contributed by atoms with Gasteiger partial charge in [-0.3, -0.25) is 4.98 Å². The van der Waals surface area contributed by atoms with Crippen LogP contribution in [-0.2, 0) is 0 Å². The van der Waals surface area contributed by atoms with E-state index in [2.05, 4.69) is 4.98 Å². The molecule has 2 aromatic rings. The average molecular weight is 293 g/mol. The number of hydrogen-bond donors (Lipinski definition) is 0. The van der Waals surface area contributed by atoms with Crippen LogP contribution in [0.3, 0.4) is 0 Å². The zero-order valence-corrected chi connectivity index (χ0v) is 13.0. The molecule has 0 saturated heterocycles. The molecule has 0 spiro atoms. The van der Waals surface area contributed by atoms with E-state index in [-0.39, 0.29) is 5.88 Å². The third kappa shape index (κ3) is 2.56. The van der Waals surface area contributed by atoms with E-state index in [4.69, 9.17) is 16.3 Å². The maximum Gasteiger partial charge on any atom is 0.389 e. The molecule has 0 N–H and O–H groups in total. The van der Waals surface area contributed by atoms with Gasteiger partial charge in [-0.15, -0.1) is 4.73 Å². The lowest BCUT2D eigenvalue weighted by atomic mass is 10.2. The highest BCUT2D eigenvalue weighted by Crippen LogP contribution is 2.31. The monoisotopic (exact) mass is 292 g/mol. The van der Waals surface area contributed by atoms with E-state index in [1.54, 1.807) is 19.9 Å². The van der Waals surface area contributed by atoms with E-state index in [0.29, 0.717) is 22.0 Å².